The summed E-state index contributed by atoms with van der Waals surface area (Å²) in [6.45, 7) is 4.52. The van der Waals surface area contributed by atoms with Crippen LogP contribution in [0.1, 0.15) is 24.6 Å². The maximum atomic E-state index is 5.06. The van der Waals surface area contributed by atoms with Gasteiger partial charge >= 0.3 is 0 Å². The van der Waals surface area contributed by atoms with Crippen LogP contribution in [0.4, 0.5) is 5.13 Å². The van der Waals surface area contributed by atoms with Crippen molar-refractivity contribution in [1.82, 2.24) is 25.2 Å². The van der Waals surface area contributed by atoms with E-state index in [0.717, 1.165) is 54.0 Å². The third-order valence-corrected chi connectivity index (χ3v) is 5.79. The van der Waals surface area contributed by atoms with Gasteiger partial charge < -0.3 is 9.42 Å². The lowest BCUT2D eigenvalue weighted by molar-refractivity contribution is 0.194. The minimum absolute atomic E-state index is 0.520. The Labute approximate surface area is 156 Å². The fourth-order valence-electron chi connectivity index (χ4n) is 3.30. The quantitative estimate of drug-likeness (QED) is 0.684. The molecule has 0 aliphatic carbocycles. The molecular weight excluding hydrogens is 348 g/mol. The Morgan fingerprint density at radius 3 is 2.65 bits per heavy atom. The second-order valence-corrected chi connectivity index (χ2v) is 7.57. The minimum Gasteiger partial charge on any atom is -0.347 e. The van der Waals surface area contributed by atoms with Gasteiger partial charge in [-0.1, -0.05) is 46.8 Å². The Morgan fingerprint density at radius 1 is 1.19 bits per heavy atom. The molecule has 0 unspecified atom stereocenters. The molecule has 0 amide bonds. The normalized spacial score (nSPS) is 15.7. The predicted molar refractivity (Wildman–Crippen MR) is 101 cm³/mol. The van der Waals surface area contributed by atoms with Crippen molar-refractivity contribution in [2.45, 2.75) is 32.4 Å². The van der Waals surface area contributed by atoms with Gasteiger partial charge in [-0.25, -0.2) is 0 Å². The molecule has 8 heteroatoms. The highest BCUT2D eigenvalue weighted by molar-refractivity contribution is 7.18. The van der Waals surface area contributed by atoms with Crippen molar-refractivity contribution in [2.75, 3.05) is 25.0 Å². The third kappa shape index (κ3) is 3.76. The van der Waals surface area contributed by atoms with Crippen molar-refractivity contribution >= 4 is 16.5 Å². The van der Waals surface area contributed by atoms with Crippen LogP contribution < -0.4 is 4.90 Å². The van der Waals surface area contributed by atoms with Crippen LogP contribution in [-0.2, 0) is 6.54 Å². The molecule has 1 aliphatic rings. The molecular formula is C18H22N6OS. The number of aryl methyl sites for hydroxylation is 1. The van der Waals surface area contributed by atoms with Gasteiger partial charge in [0.15, 0.2) is 5.82 Å². The highest BCUT2D eigenvalue weighted by Gasteiger charge is 2.25. The van der Waals surface area contributed by atoms with E-state index in [1.165, 1.54) is 0 Å². The second kappa shape index (κ2) is 7.51. The summed E-state index contributed by atoms with van der Waals surface area (Å²) in [7, 11) is 2.13. The van der Waals surface area contributed by atoms with Crippen molar-refractivity contribution in [3.05, 3.63) is 42.0 Å². The molecule has 0 atom stereocenters. The van der Waals surface area contributed by atoms with Crippen LogP contribution >= 0.6 is 11.3 Å². The molecule has 0 spiro atoms. The summed E-state index contributed by atoms with van der Waals surface area (Å²) in [6, 6.07) is 10.7. The number of nitrogens with zero attached hydrogens (tertiary/aromatic N) is 6. The summed E-state index contributed by atoms with van der Waals surface area (Å²) in [6.07, 6.45) is 2.18. The van der Waals surface area contributed by atoms with E-state index in [0.29, 0.717) is 11.9 Å². The van der Waals surface area contributed by atoms with Gasteiger partial charge in [-0.3, -0.25) is 4.90 Å². The van der Waals surface area contributed by atoms with Gasteiger partial charge in [0.1, 0.15) is 5.01 Å². The first-order valence-electron chi connectivity index (χ1n) is 8.82. The Balaban J connectivity index is 1.34. The number of benzene rings is 1. The van der Waals surface area contributed by atoms with E-state index in [2.05, 4.69) is 49.3 Å². The first-order valence-corrected chi connectivity index (χ1v) is 9.64. The van der Waals surface area contributed by atoms with Crippen LogP contribution in [0.25, 0.3) is 10.6 Å². The molecule has 1 aromatic carbocycles. The topological polar surface area (TPSA) is 71.2 Å². The van der Waals surface area contributed by atoms with Gasteiger partial charge in [-0.15, -0.1) is 10.2 Å². The Morgan fingerprint density at radius 2 is 1.96 bits per heavy atom. The van der Waals surface area contributed by atoms with Gasteiger partial charge in [0.05, 0.1) is 6.54 Å². The molecule has 136 valence electrons. The third-order valence-electron chi connectivity index (χ3n) is 4.75. The predicted octanol–water partition coefficient (Wildman–Crippen LogP) is 3.00. The lowest BCUT2D eigenvalue weighted by atomic mass is 10.0. The molecule has 2 aromatic heterocycles. The fraction of sp³-hybridized carbons (Fsp3) is 0.444. The second-order valence-electron chi connectivity index (χ2n) is 6.62. The largest absolute Gasteiger partial charge is 0.347 e. The number of piperidine rings is 1. The van der Waals surface area contributed by atoms with Crippen molar-refractivity contribution < 1.29 is 4.52 Å². The monoisotopic (exact) mass is 370 g/mol. The molecule has 0 bridgehead atoms. The van der Waals surface area contributed by atoms with Gasteiger partial charge in [0.2, 0.25) is 11.0 Å². The Hall–Kier alpha value is -2.32. The fourth-order valence-corrected chi connectivity index (χ4v) is 4.20. The smallest absolute Gasteiger partial charge is 0.223 e. The SMILES string of the molecule is Cc1nc(CN(C)C2CCN(c3nnc(-c4ccccc4)s3)CC2)no1. The lowest BCUT2D eigenvalue weighted by Gasteiger charge is -2.36. The van der Waals surface area contributed by atoms with E-state index in [9.17, 15) is 0 Å². The number of aromatic nitrogens is 4. The zero-order chi connectivity index (χ0) is 17.9. The summed E-state index contributed by atoms with van der Waals surface area (Å²) >= 11 is 1.67. The molecule has 7 nitrogen and oxygen atoms in total. The van der Waals surface area contributed by atoms with Crippen LogP contribution in [0.15, 0.2) is 34.9 Å². The summed E-state index contributed by atoms with van der Waals surface area (Å²) < 4.78 is 5.06. The molecule has 0 radical (unpaired) electrons. The summed E-state index contributed by atoms with van der Waals surface area (Å²) in [5.41, 5.74) is 1.13. The van der Waals surface area contributed by atoms with E-state index >= 15 is 0 Å². The van der Waals surface area contributed by atoms with Crippen molar-refractivity contribution in [3.8, 4) is 10.6 Å². The van der Waals surface area contributed by atoms with Gasteiger partial charge in [-0.05, 0) is 19.9 Å². The number of hydrogen-bond acceptors (Lipinski definition) is 8. The number of rotatable bonds is 5. The van der Waals surface area contributed by atoms with Crippen molar-refractivity contribution in [2.24, 2.45) is 0 Å². The standard InChI is InChI=1S/C18H22N6OS/c1-13-19-16(22-25-13)12-23(2)15-8-10-24(11-9-15)18-21-20-17(26-18)14-6-4-3-5-7-14/h3-7,15H,8-12H2,1-2H3. The lowest BCUT2D eigenvalue weighted by Crippen LogP contribution is -2.43. The average molecular weight is 370 g/mol. The van der Waals surface area contributed by atoms with E-state index in [4.69, 9.17) is 4.52 Å². The zero-order valence-corrected chi connectivity index (χ0v) is 15.8. The molecule has 3 aromatic rings. The van der Waals surface area contributed by atoms with Crippen LogP contribution in [0.5, 0.6) is 0 Å². The van der Waals surface area contributed by atoms with E-state index in [1.807, 2.05) is 25.1 Å². The van der Waals surface area contributed by atoms with Crippen LogP contribution in [0.3, 0.4) is 0 Å². The van der Waals surface area contributed by atoms with Crippen molar-refractivity contribution in [1.29, 1.82) is 0 Å². The van der Waals surface area contributed by atoms with E-state index < -0.39 is 0 Å². The molecule has 1 aliphatic heterocycles. The molecule has 26 heavy (non-hydrogen) atoms. The highest BCUT2D eigenvalue weighted by atomic mass is 32.1. The van der Waals surface area contributed by atoms with Gasteiger partial charge in [-0.2, -0.15) is 4.98 Å². The first kappa shape index (κ1) is 17.1. The van der Waals surface area contributed by atoms with Crippen LogP contribution in [0, 0.1) is 6.92 Å². The van der Waals surface area contributed by atoms with Gasteiger partial charge in [0, 0.05) is 31.6 Å². The minimum atomic E-state index is 0.520. The molecule has 4 rings (SSSR count). The number of hydrogen-bond donors (Lipinski definition) is 0. The Bertz CT molecular complexity index is 840. The molecule has 0 saturated carbocycles. The summed E-state index contributed by atoms with van der Waals surface area (Å²) in [5, 5.41) is 14.8. The summed E-state index contributed by atoms with van der Waals surface area (Å²) in [5.74, 6) is 1.37. The van der Waals surface area contributed by atoms with Crippen LogP contribution in [-0.4, -0.2) is 51.4 Å². The molecule has 1 fully saturated rings. The maximum Gasteiger partial charge on any atom is 0.223 e. The molecule has 1 saturated heterocycles. The van der Waals surface area contributed by atoms with Gasteiger partial charge in [0.25, 0.3) is 0 Å². The van der Waals surface area contributed by atoms with Crippen molar-refractivity contribution in [3.63, 3.8) is 0 Å². The average Bonchev–Trinajstić information content (AvgIpc) is 3.32. The maximum absolute atomic E-state index is 5.06. The van der Waals surface area contributed by atoms with Crippen LogP contribution in [0.2, 0.25) is 0 Å². The molecule has 3 heterocycles. The van der Waals surface area contributed by atoms with E-state index in [1.54, 1.807) is 11.3 Å². The highest BCUT2D eigenvalue weighted by Crippen LogP contribution is 2.30. The molecule has 0 N–H and O–H groups in total. The van der Waals surface area contributed by atoms with E-state index in [-0.39, 0.29) is 0 Å². The zero-order valence-electron chi connectivity index (χ0n) is 15.0. The first-order chi connectivity index (χ1) is 12.7. The number of anilines is 1. The Kier molecular flexibility index (Phi) is 4.94. The summed E-state index contributed by atoms with van der Waals surface area (Å²) in [4.78, 5) is 8.95.